The average molecular weight is 406 g/mol. The summed E-state index contributed by atoms with van der Waals surface area (Å²) >= 11 is 0. The lowest BCUT2D eigenvalue weighted by atomic mass is 9.76. The number of amides is 1. The zero-order valence-electron chi connectivity index (χ0n) is 17.6. The van der Waals surface area contributed by atoms with Gasteiger partial charge in [-0.05, 0) is 31.8 Å². The van der Waals surface area contributed by atoms with Crippen molar-refractivity contribution in [1.29, 1.82) is 0 Å². The van der Waals surface area contributed by atoms with Crippen molar-refractivity contribution in [3.8, 4) is 17.1 Å². The first-order valence-corrected chi connectivity index (χ1v) is 10.3. The van der Waals surface area contributed by atoms with Gasteiger partial charge in [0.2, 0.25) is 11.8 Å². The summed E-state index contributed by atoms with van der Waals surface area (Å²) < 4.78 is 10.2. The van der Waals surface area contributed by atoms with E-state index < -0.39 is 0 Å². The number of aryl methyl sites for hydroxylation is 1. The molecule has 3 aromatic rings. The van der Waals surface area contributed by atoms with Crippen LogP contribution in [0.3, 0.4) is 0 Å². The molecule has 0 unspecified atom stereocenters. The molecule has 2 fully saturated rings. The smallest absolute Gasteiger partial charge is 0.245 e. The van der Waals surface area contributed by atoms with E-state index in [1.807, 2.05) is 37.2 Å². The van der Waals surface area contributed by atoms with Gasteiger partial charge >= 0.3 is 0 Å². The number of fused-ring (bicyclic) bond motifs is 1. The van der Waals surface area contributed by atoms with Gasteiger partial charge in [-0.25, -0.2) is 9.50 Å². The Balaban J connectivity index is 1.49. The van der Waals surface area contributed by atoms with Gasteiger partial charge in [-0.3, -0.25) is 9.48 Å². The third-order valence-corrected chi connectivity index (χ3v) is 6.26. The highest BCUT2D eigenvalue weighted by molar-refractivity contribution is 5.87. The van der Waals surface area contributed by atoms with Crippen LogP contribution in [0.25, 0.3) is 16.8 Å². The number of ether oxygens (including phenoxy) is 1. The molecule has 0 saturated heterocycles. The second-order valence-corrected chi connectivity index (χ2v) is 8.77. The topological polar surface area (TPSA) is 77.6 Å². The van der Waals surface area contributed by atoms with Crippen LogP contribution in [0.1, 0.15) is 44.1 Å². The van der Waals surface area contributed by atoms with Crippen LogP contribution in [0, 0.1) is 0 Å². The number of likely N-dealkylation sites (N-methyl/N-ethyl adjacent to an activating group) is 1. The summed E-state index contributed by atoms with van der Waals surface area (Å²) in [5.74, 6) is 1.08. The summed E-state index contributed by atoms with van der Waals surface area (Å²) in [6, 6.07) is 0.144. The fourth-order valence-electron chi connectivity index (χ4n) is 4.31. The Morgan fingerprint density at radius 2 is 2.07 bits per heavy atom. The fourth-order valence-corrected chi connectivity index (χ4v) is 4.31. The van der Waals surface area contributed by atoms with Crippen LogP contribution < -0.4 is 4.74 Å². The van der Waals surface area contributed by atoms with Crippen molar-refractivity contribution in [1.82, 2.24) is 29.3 Å². The normalized spacial score (nSPS) is 23.2. The van der Waals surface area contributed by atoms with Crippen LogP contribution in [-0.2, 0) is 11.8 Å². The summed E-state index contributed by atoms with van der Waals surface area (Å²) in [6.07, 6.45) is 12.8. The van der Waals surface area contributed by atoms with Crippen molar-refractivity contribution in [2.45, 2.75) is 50.2 Å². The van der Waals surface area contributed by atoms with Crippen molar-refractivity contribution < 1.29 is 9.53 Å². The quantitative estimate of drug-likeness (QED) is 0.588. The summed E-state index contributed by atoms with van der Waals surface area (Å²) in [5.41, 5.74) is 3.46. The summed E-state index contributed by atoms with van der Waals surface area (Å²) in [4.78, 5) is 18.5. The molecule has 0 N–H and O–H groups in total. The lowest BCUT2D eigenvalue weighted by Gasteiger charge is -2.48. The molecule has 0 aliphatic heterocycles. The van der Waals surface area contributed by atoms with Crippen molar-refractivity contribution >= 4 is 11.4 Å². The monoisotopic (exact) mass is 406 g/mol. The third-order valence-electron chi connectivity index (χ3n) is 6.26. The van der Waals surface area contributed by atoms with Gasteiger partial charge in [0.25, 0.3) is 0 Å². The maximum Gasteiger partial charge on any atom is 0.245 e. The minimum atomic E-state index is -0.382. The van der Waals surface area contributed by atoms with Crippen LogP contribution in [0.15, 0.2) is 37.4 Å². The molecule has 156 valence electrons. The van der Waals surface area contributed by atoms with E-state index in [-0.39, 0.29) is 17.6 Å². The third kappa shape index (κ3) is 3.16. The summed E-state index contributed by atoms with van der Waals surface area (Å²) in [5, 5.41) is 8.85. The SMILES string of the molecule is C=CC(=O)N(C)[C@H]1C[C@@](C)(Oc2nc(-c3cnn(C)c3)cn3ncc(C4CC4)c23)C1. The molecule has 0 bridgehead atoms. The van der Waals surface area contributed by atoms with Gasteiger partial charge in [0.15, 0.2) is 0 Å². The Labute approximate surface area is 175 Å². The highest BCUT2D eigenvalue weighted by Gasteiger charge is 2.46. The van der Waals surface area contributed by atoms with E-state index in [1.54, 1.807) is 15.8 Å². The maximum atomic E-state index is 11.9. The standard InChI is InChI=1S/C22H26N6O2/c1-5-19(29)27(4)16-8-22(2,9-16)30-21-20-17(14-6-7-14)11-24-28(20)13-18(25-21)15-10-23-26(3)12-15/h5,10-14,16H,1,6-9H2,2-4H3/t16-,22+. The largest absolute Gasteiger partial charge is 0.470 e. The fraction of sp³-hybridized carbons (Fsp3) is 0.455. The van der Waals surface area contributed by atoms with E-state index in [0.29, 0.717) is 11.8 Å². The Bertz CT molecular complexity index is 1140. The van der Waals surface area contributed by atoms with Gasteiger partial charge in [-0.15, -0.1) is 0 Å². The van der Waals surface area contributed by atoms with Crippen molar-refractivity contribution in [3.63, 3.8) is 0 Å². The van der Waals surface area contributed by atoms with Crippen LogP contribution in [0.5, 0.6) is 5.88 Å². The van der Waals surface area contributed by atoms with E-state index in [4.69, 9.17) is 9.72 Å². The first kappa shape index (κ1) is 18.8. The molecule has 1 amide bonds. The van der Waals surface area contributed by atoms with Gasteiger partial charge in [-0.1, -0.05) is 6.58 Å². The molecule has 2 saturated carbocycles. The van der Waals surface area contributed by atoms with E-state index in [0.717, 1.165) is 29.6 Å². The zero-order valence-corrected chi connectivity index (χ0v) is 17.6. The lowest BCUT2D eigenvalue weighted by molar-refractivity contribution is -0.133. The summed E-state index contributed by atoms with van der Waals surface area (Å²) in [6.45, 7) is 5.66. The van der Waals surface area contributed by atoms with Gasteiger partial charge in [0, 0.05) is 50.3 Å². The van der Waals surface area contributed by atoms with Crippen LogP contribution in [0.2, 0.25) is 0 Å². The van der Waals surface area contributed by atoms with Crippen LogP contribution in [0.4, 0.5) is 0 Å². The van der Waals surface area contributed by atoms with Gasteiger partial charge in [-0.2, -0.15) is 10.2 Å². The molecular formula is C22H26N6O2. The molecule has 3 heterocycles. The Hall–Kier alpha value is -3.16. The van der Waals surface area contributed by atoms with Crippen LogP contribution in [-0.4, -0.2) is 53.9 Å². The first-order chi connectivity index (χ1) is 14.4. The molecule has 0 spiro atoms. The zero-order chi connectivity index (χ0) is 21.0. The highest BCUT2D eigenvalue weighted by atomic mass is 16.5. The second-order valence-electron chi connectivity index (χ2n) is 8.77. The highest BCUT2D eigenvalue weighted by Crippen LogP contribution is 2.46. The molecule has 0 atom stereocenters. The van der Waals surface area contributed by atoms with Gasteiger partial charge < -0.3 is 9.64 Å². The van der Waals surface area contributed by atoms with E-state index >= 15 is 0 Å². The molecule has 3 aromatic heterocycles. The molecule has 8 heteroatoms. The predicted molar refractivity (Wildman–Crippen MR) is 112 cm³/mol. The van der Waals surface area contributed by atoms with Crippen molar-refractivity contribution in [3.05, 3.63) is 43.0 Å². The number of carbonyl (C=O) groups excluding carboxylic acids is 1. The lowest BCUT2D eigenvalue weighted by Crippen LogP contribution is -2.56. The van der Waals surface area contributed by atoms with E-state index in [9.17, 15) is 4.79 Å². The van der Waals surface area contributed by atoms with Gasteiger partial charge in [0.1, 0.15) is 11.1 Å². The Morgan fingerprint density at radius 1 is 1.30 bits per heavy atom. The minimum absolute atomic E-state index is 0.0621. The van der Waals surface area contributed by atoms with E-state index in [2.05, 4.69) is 23.7 Å². The average Bonchev–Trinajstić information content (AvgIpc) is 3.31. The maximum absolute atomic E-state index is 11.9. The number of aromatic nitrogens is 5. The number of nitrogens with zero attached hydrogens (tertiary/aromatic N) is 6. The number of carbonyl (C=O) groups is 1. The summed E-state index contributed by atoms with van der Waals surface area (Å²) in [7, 11) is 3.70. The van der Waals surface area contributed by atoms with Gasteiger partial charge in [0.05, 0.1) is 24.3 Å². The number of rotatable bonds is 6. The van der Waals surface area contributed by atoms with E-state index in [1.165, 1.54) is 24.5 Å². The number of hydrogen-bond donors (Lipinski definition) is 0. The molecule has 0 aromatic carbocycles. The Morgan fingerprint density at radius 3 is 2.70 bits per heavy atom. The predicted octanol–water partition coefficient (Wildman–Crippen LogP) is 2.95. The molecule has 5 rings (SSSR count). The molecule has 2 aliphatic rings. The number of hydrogen-bond acceptors (Lipinski definition) is 5. The molecule has 2 aliphatic carbocycles. The molecule has 30 heavy (non-hydrogen) atoms. The van der Waals surface area contributed by atoms with Crippen molar-refractivity contribution in [2.75, 3.05) is 7.05 Å². The van der Waals surface area contributed by atoms with Crippen LogP contribution >= 0.6 is 0 Å². The first-order valence-electron chi connectivity index (χ1n) is 10.3. The Kier molecular flexibility index (Phi) is 4.20. The minimum Gasteiger partial charge on any atom is -0.470 e. The van der Waals surface area contributed by atoms with Crippen molar-refractivity contribution in [2.24, 2.45) is 7.05 Å². The second kappa shape index (κ2) is 6.68. The molecule has 0 radical (unpaired) electrons. The molecule has 8 nitrogen and oxygen atoms in total. The molecular weight excluding hydrogens is 380 g/mol.